The lowest BCUT2D eigenvalue weighted by molar-refractivity contribution is -0.142. The predicted molar refractivity (Wildman–Crippen MR) is 65.9 cm³/mol. The molecule has 1 N–H and O–H groups in total. The van der Waals surface area contributed by atoms with E-state index in [1.165, 1.54) is 5.56 Å². The number of anilines is 1. The van der Waals surface area contributed by atoms with Gasteiger partial charge in [0.1, 0.15) is 5.54 Å². The maximum atomic E-state index is 11.2. The molecule has 16 heavy (non-hydrogen) atoms. The second-order valence-corrected chi connectivity index (χ2v) is 4.44. The number of carboxylic acids is 1. The largest absolute Gasteiger partial charge is 0.480 e. The van der Waals surface area contributed by atoms with Crippen LogP contribution in [0.5, 0.6) is 0 Å². The van der Waals surface area contributed by atoms with Gasteiger partial charge in [0.05, 0.1) is 0 Å². The minimum absolute atomic E-state index is 0.669. The topological polar surface area (TPSA) is 40.5 Å². The van der Waals surface area contributed by atoms with Crippen LogP contribution in [0.25, 0.3) is 0 Å². The van der Waals surface area contributed by atoms with Crippen molar-refractivity contribution in [3.63, 3.8) is 0 Å². The highest BCUT2D eigenvalue weighted by atomic mass is 16.4. The fraction of sp³-hybridized carbons (Fsp3) is 0.462. The predicted octanol–water partition coefficient (Wildman–Crippen LogP) is 2.68. The molecule has 0 saturated carbocycles. The summed E-state index contributed by atoms with van der Waals surface area (Å²) in [6.45, 7) is 8.09. The van der Waals surface area contributed by atoms with Crippen molar-refractivity contribution in [2.45, 2.75) is 33.2 Å². The van der Waals surface area contributed by atoms with Crippen molar-refractivity contribution in [3.8, 4) is 0 Å². The van der Waals surface area contributed by atoms with Crippen LogP contribution in [0.2, 0.25) is 0 Å². The summed E-state index contributed by atoms with van der Waals surface area (Å²) in [5, 5.41) is 9.22. The summed E-state index contributed by atoms with van der Waals surface area (Å²) in [6.07, 6.45) is 0. The molecule has 0 heterocycles. The number of hydrogen-bond acceptors (Lipinski definition) is 2. The van der Waals surface area contributed by atoms with Gasteiger partial charge in [0.25, 0.3) is 0 Å². The van der Waals surface area contributed by atoms with E-state index in [1.54, 1.807) is 13.8 Å². The average Bonchev–Trinajstić information content (AvgIpc) is 2.21. The average molecular weight is 221 g/mol. The van der Waals surface area contributed by atoms with Gasteiger partial charge in [0.15, 0.2) is 0 Å². The van der Waals surface area contributed by atoms with Crippen LogP contribution in [-0.2, 0) is 4.79 Å². The third-order valence-electron chi connectivity index (χ3n) is 2.86. The second kappa shape index (κ2) is 4.56. The quantitative estimate of drug-likeness (QED) is 0.849. The number of hydrogen-bond donors (Lipinski definition) is 1. The van der Waals surface area contributed by atoms with E-state index in [-0.39, 0.29) is 0 Å². The maximum absolute atomic E-state index is 11.2. The maximum Gasteiger partial charge on any atom is 0.328 e. The Balaban J connectivity index is 3.07. The smallest absolute Gasteiger partial charge is 0.328 e. The van der Waals surface area contributed by atoms with Crippen molar-refractivity contribution >= 4 is 11.7 Å². The minimum atomic E-state index is -0.885. The third kappa shape index (κ3) is 2.35. The first-order valence-corrected chi connectivity index (χ1v) is 5.47. The Morgan fingerprint density at radius 3 is 2.19 bits per heavy atom. The number of aryl methyl sites for hydroxylation is 1. The van der Waals surface area contributed by atoms with E-state index >= 15 is 0 Å². The molecule has 3 nitrogen and oxygen atoms in total. The SMILES string of the molecule is CCN(c1ccc(C)cc1)C(C)(C)C(=O)O. The van der Waals surface area contributed by atoms with Gasteiger partial charge in [0, 0.05) is 12.2 Å². The van der Waals surface area contributed by atoms with E-state index in [4.69, 9.17) is 0 Å². The lowest BCUT2D eigenvalue weighted by Crippen LogP contribution is -2.50. The monoisotopic (exact) mass is 221 g/mol. The molecule has 0 aliphatic carbocycles. The Morgan fingerprint density at radius 2 is 1.81 bits per heavy atom. The fourth-order valence-corrected chi connectivity index (χ4v) is 1.74. The molecule has 1 aromatic rings. The van der Waals surface area contributed by atoms with Crippen molar-refractivity contribution in [1.29, 1.82) is 0 Å². The molecule has 0 bridgehead atoms. The van der Waals surface area contributed by atoms with E-state index < -0.39 is 11.5 Å². The molecule has 0 fully saturated rings. The van der Waals surface area contributed by atoms with Crippen LogP contribution in [0.3, 0.4) is 0 Å². The molecule has 0 amide bonds. The molecular weight excluding hydrogens is 202 g/mol. The zero-order valence-corrected chi connectivity index (χ0v) is 10.3. The van der Waals surface area contributed by atoms with E-state index in [2.05, 4.69) is 0 Å². The Kier molecular flexibility index (Phi) is 3.58. The first-order chi connectivity index (χ1) is 7.39. The van der Waals surface area contributed by atoms with Crippen molar-refractivity contribution in [1.82, 2.24) is 0 Å². The Labute approximate surface area is 96.7 Å². The van der Waals surface area contributed by atoms with E-state index in [0.717, 1.165) is 5.69 Å². The highest BCUT2D eigenvalue weighted by Gasteiger charge is 2.33. The van der Waals surface area contributed by atoms with E-state index in [9.17, 15) is 9.90 Å². The molecule has 1 aromatic carbocycles. The molecule has 0 unspecified atom stereocenters. The van der Waals surface area contributed by atoms with Gasteiger partial charge in [-0.15, -0.1) is 0 Å². The summed E-state index contributed by atoms with van der Waals surface area (Å²) < 4.78 is 0. The lowest BCUT2D eigenvalue weighted by Gasteiger charge is -2.36. The van der Waals surface area contributed by atoms with Gasteiger partial charge in [0.2, 0.25) is 0 Å². The van der Waals surface area contributed by atoms with Crippen molar-refractivity contribution in [2.24, 2.45) is 0 Å². The van der Waals surface area contributed by atoms with E-state index in [1.807, 2.05) is 43.0 Å². The van der Waals surface area contributed by atoms with Crippen molar-refractivity contribution in [2.75, 3.05) is 11.4 Å². The Morgan fingerprint density at radius 1 is 1.31 bits per heavy atom. The van der Waals surface area contributed by atoms with Gasteiger partial charge in [-0.2, -0.15) is 0 Å². The lowest BCUT2D eigenvalue weighted by atomic mass is 10.0. The van der Waals surface area contributed by atoms with Gasteiger partial charge in [-0.25, -0.2) is 4.79 Å². The summed E-state index contributed by atoms with van der Waals surface area (Å²) in [5.41, 5.74) is 1.23. The molecule has 1 rings (SSSR count). The zero-order valence-electron chi connectivity index (χ0n) is 10.3. The molecule has 0 aliphatic heterocycles. The number of likely N-dealkylation sites (N-methyl/N-ethyl adjacent to an activating group) is 1. The number of nitrogens with zero attached hydrogens (tertiary/aromatic N) is 1. The first-order valence-electron chi connectivity index (χ1n) is 5.47. The van der Waals surface area contributed by atoms with Crippen LogP contribution in [0.15, 0.2) is 24.3 Å². The van der Waals surface area contributed by atoms with Gasteiger partial charge >= 0.3 is 5.97 Å². The van der Waals surface area contributed by atoms with Gasteiger partial charge < -0.3 is 10.0 Å². The molecule has 0 aliphatic rings. The molecule has 0 radical (unpaired) electrons. The number of carbonyl (C=O) groups is 1. The Bertz CT molecular complexity index is 368. The number of aliphatic carboxylic acids is 1. The van der Waals surface area contributed by atoms with Crippen molar-refractivity contribution < 1.29 is 9.90 Å². The van der Waals surface area contributed by atoms with Crippen LogP contribution < -0.4 is 4.90 Å². The van der Waals surface area contributed by atoms with E-state index in [0.29, 0.717) is 6.54 Å². The third-order valence-corrected chi connectivity index (χ3v) is 2.86. The molecular formula is C13H19NO2. The van der Waals surface area contributed by atoms with Gasteiger partial charge in [-0.05, 0) is 39.8 Å². The number of carboxylic acid groups (broad SMARTS) is 1. The molecule has 0 spiro atoms. The summed E-state index contributed by atoms with van der Waals surface area (Å²) in [6, 6.07) is 7.92. The molecule has 0 aromatic heterocycles. The Hall–Kier alpha value is -1.51. The van der Waals surface area contributed by atoms with Crippen LogP contribution >= 0.6 is 0 Å². The fourth-order valence-electron chi connectivity index (χ4n) is 1.74. The summed E-state index contributed by atoms with van der Waals surface area (Å²) in [7, 11) is 0. The first kappa shape index (κ1) is 12.6. The summed E-state index contributed by atoms with van der Waals surface area (Å²) in [5.74, 6) is -0.810. The highest BCUT2D eigenvalue weighted by Crippen LogP contribution is 2.24. The molecule has 0 saturated heterocycles. The summed E-state index contributed by atoms with van der Waals surface area (Å²) >= 11 is 0. The standard InChI is InChI=1S/C13H19NO2/c1-5-14(13(3,4)12(15)16)11-8-6-10(2)7-9-11/h6-9H,5H2,1-4H3,(H,15,16). The number of benzene rings is 1. The van der Waals surface area contributed by atoms with Crippen LogP contribution in [0.4, 0.5) is 5.69 Å². The summed E-state index contributed by atoms with van der Waals surface area (Å²) in [4.78, 5) is 13.1. The van der Waals surface area contributed by atoms with Crippen molar-refractivity contribution in [3.05, 3.63) is 29.8 Å². The molecule has 0 atom stereocenters. The number of rotatable bonds is 4. The highest BCUT2D eigenvalue weighted by molar-refractivity contribution is 5.82. The molecule has 88 valence electrons. The van der Waals surface area contributed by atoms with Crippen LogP contribution in [0, 0.1) is 6.92 Å². The molecule has 3 heteroatoms. The van der Waals surface area contributed by atoms with Crippen LogP contribution in [0.1, 0.15) is 26.3 Å². The van der Waals surface area contributed by atoms with Crippen LogP contribution in [-0.4, -0.2) is 23.2 Å². The zero-order chi connectivity index (χ0) is 12.3. The minimum Gasteiger partial charge on any atom is -0.480 e. The normalized spacial score (nSPS) is 11.2. The second-order valence-electron chi connectivity index (χ2n) is 4.44. The van der Waals surface area contributed by atoms with Gasteiger partial charge in [-0.3, -0.25) is 0 Å². The van der Waals surface area contributed by atoms with Gasteiger partial charge in [-0.1, -0.05) is 17.7 Å².